The van der Waals surface area contributed by atoms with Gasteiger partial charge in [0, 0.05) is 12.0 Å². The zero-order valence-electron chi connectivity index (χ0n) is 10.9. The second-order valence-electron chi connectivity index (χ2n) is 5.40. The fraction of sp³-hybridized carbons (Fsp3) is 0.167. The monoisotopic (exact) mass is 246 g/mol. The summed E-state index contributed by atoms with van der Waals surface area (Å²) in [6.07, 6.45) is 1.56. The minimum atomic E-state index is 0.293. The van der Waals surface area contributed by atoms with E-state index in [0.29, 0.717) is 12.2 Å². The van der Waals surface area contributed by atoms with E-state index in [2.05, 4.69) is 43.3 Å². The van der Waals surface area contributed by atoms with E-state index in [1.165, 1.54) is 32.7 Å². The van der Waals surface area contributed by atoms with Crippen LogP contribution in [0.5, 0.6) is 0 Å². The average Bonchev–Trinajstić information content (AvgIpc) is 2.80. The lowest BCUT2D eigenvalue weighted by Gasteiger charge is -2.08. The van der Waals surface area contributed by atoms with E-state index in [4.69, 9.17) is 0 Å². The summed E-state index contributed by atoms with van der Waals surface area (Å²) < 4.78 is 0. The molecule has 0 aliphatic heterocycles. The fourth-order valence-electron chi connectivity index (χ4n) is 3.22. The van der Waals surface area contributed by atoms with Gasteiger partial charge in [-0.25, -0.2) is 0 Å². The van der Waals surface area contributed by atoms with Gasteiger partial charge < -0.3 is 0 Å². The van der Waals surface area contributed by atoms with Gasteiger partial charge in [0.1, 0.15) is 0 Å². The molecule has 0 unspecified atom stereocenters. The molecular formula is C18H14O. The normalized spacial score (nSPS) is 14.3. The lowest BCUT2D eigenvalue weighted by atomic mass is 9.95. The average molecular weight is 246 g/mol. The van der Waals surface area contributed by atoms with Crippen molar-refractivity contribution in [2.24, 2.45) is 0 Å². The number of benzene rings is 3. The van der Waals surface area contributed by atoms with Crippen molar-refractivity contribution in [2.75, 3.05) is 0 Å². The molecule has 19 heavy (non-hydrogen) atoms. The van der Waals surface area contributed by atoms with Gasteiger partial charge in [0.05, 0.1) is 0 Å². The van der Waals surface area contributed by atoms with E-state index in [-0.39, 0.29) is 0 Å². The van der Waals surface area contributed by atoms with Gasteiger partial charge in [0.15, 0.2) is 5.78 Å². The van der Waals surface area contributed by atoms with Gasteiger partial charge in [-0.2, -0.15) is 0 Å². The Labute approximate surface area is 111 Å². The van der Waals surface area contributed by atoms with Crippen molar-refractivity contribution >= 4 is 27.3 Å². The number of hydrogen-bond acceptors (Lipinski definition) is 1. The summed E-state index contributed by atoms with van der Waals surface area (Å²) in [5, 5.41) is 5.08. The number of Topliss-reactive ketones (excluding diaryl/α,β-unsaturated/α-hetero) is 1. The van der Waals surface area contributed by atoms with E-state index in [0.717, 1.165) is 12.0 Å². The molecular weight excluding hydrogens is 232 g/mol. The van der Waals surface area contributed by atoms with Crippen molar-refractivity contribution in [1.82, 2.24) is 0 Å². The van der Waals surface area contributed by atoms with Crippen LogP contribution in [-0.4, -0.2) is 5.78 Å². The summed E-state index contributed by atoms with van der Waals surface area (Å²) in [6, 6.07) is 15.0. The fourth-order valence-corrected chi connectivity index (χ4v) is 3.22. The number of carbonyl (C=O) groups is 1. The third kappa shape index (κ3) is 1.45. The summed E-state index contributed by atoms with van der Waals surface area (Å²) in [5.74, 6) is 0.293. The van der Waals surface area contributed by atoms with Crippen LogP contribution in [0.25, 0.3) is 21.5 Å². The predicted molar refractivity (Wildman–Crippen MR) is 78.8 cm³/mol. The summed E-state index contributed by atoms with van der Waals surface area (Å²) >= 11 is 0. The number of ketones is 1. The van der Waals surface area contributed by atoms with E-state index in [1.54, 1.807) is 0 Å². The molecule has 1 nitrogen and oxygen atoms in total. The van der Waals surface area contributed by atoms with E-state index < -0.39 is 0 Å². The maximum absolute atomic E-state index is 11.8. The highest BCUT2D eigenvalue weighted by Gasteiger charge is 2.21. The van der Waals surface area contributed by atoms with Crippen LogP contribution in [0.4, 0.5) is 0 Å². The molecule has 3 aromatic carbocycles. The Bertz CT molecular complexity index is 843. The van der Waals surface area contributed by atoms with Crippen LogP contribution in [0, 0.1) is 6.92 Å². The molecule has 0 radical (unpaired) electrons. The van der Waals surface area contributed by atoms with Gasteiger partial charge in [0.2, 0.25) is 0 Å². The Morgan fingerprint density at radius 2 is 1.63 bits per heavy atom. The summed E-state index contributed by atoms with van der Waals surface area (Å²) in [7, 11) is 0. The number of hydrogen-bond donors (Lipinski definition) is 0. The predicted octanol–water partition coefficient (Wildman–Crippen LogP) is 4.43. The topological polar surface area (TPSA) is 17.1 Å². The van der Waals surface area contributed by atoms with Crippen molar-refractivity contribution in [3.05, 3.63) is 59.2 Å². The minimum absolute atomic E-state index is 0.293. The standard InChI is InChI=1S/C18H14O/c1-11-2-3-12-4-5-13-14-8-9-18(19)16(14)7-6-15(13)17(12)10-11/h2-7,10H,8-9H2,1H3. The second kappa shape index (κ2) is 3.67. The third-order valence-electron chi connectivity index (χ3n) is 4.19. The van der Waals surface area contributed by atoms with Gasteiger partial charge in [-0.05, 0) is 40.5 Å². The van der Waals surface area contributed by atoms with Crippen LogP contribution in [0.2, 0.25) is 0 Å². The van der Waals surface area contributed by atoms with Crippen molar-refractivity contribution in [1.29, 1.82) is 0 Å². The van der Waals surface area contributed by atoms with Gasteiger partial charge in [0.25, 0.3) is 0 Å². The smallest absolute Gasteiger partial charge is 0.163 e. The molecule has 0 heterocycles. The summed E-state index contributed by atoms with van der Waals surface area (Å²) in [5.41, 5.74) is 3.45. The molecule has 0 bridgehead atoms. The molecule has 0 N–H and O–H groups in total. The molecule has 3 aromatic rings. The number of carbonyl (C=O) groups excluding carboxylic acids is 1. The Balaban J connectivity index is 2.18. The third-order valence-corrected chi connectivity index (χ3v) is 4.19. The van der Waals surface area contributed by atoms with Gasteiger partial charge in [-0.3, -0.25) is 4.79 Å². The lowest BCUT2D eigenvalue weighted by Crippen LogP contribution is -1.91. The molecule has 1 aliphatic carbocycles. The van der Waals surface area contributed by atoms with Crippen LogP contribution < -0.4 is 0 Å². The molecule has 0 saturated heterocycles. The van der Waals surface area contributed by atoms with Crippen molar-refractivity contribution in [2.45, 2.75) is 19.8 Å². The number of rotatable bonds is 0. The van der Waals surface area contributed by atoms with Crippen molar-refractivity contribution in [3.8, 4) is 0 Å². The van der Waals surface area contributed by atoms with Gasteiger partial charge in [-0.15, -0.1) is 0 Å². The first-order valence-electron chi connectivity index (χ1n) is 6.72. The highest BCUT2D eigenvalue weighted by atomic mass is 16.1. The molecule has 4 rings (SSSR count). The van der Waals surface area contributed by atoms with Crippen LogP contribution in [0.3, 0.4) is 0 Å². The number of aryl methyl sites for hydroxylation is 2. The number of fused-ring (bicyclic) bond motifs is 5. The molecule has 0 fully saturated rings. The Morgan fingerprint density at radius 3 is 2.53 bits per heavy atom. The van der Waals surface area contributed by atoms with Gasteiger partial charge in [-0.1, -0.05) is 48.0 Å². The van der Waals surface area contributed by atoms with E-state index in [9.17, 15) is 4.79 Å². The quantitative estimate of drug-likeness (QED) is 0.536. The SMILES string of the molecule is Cc1ccc2ccc3c4c(ccc3c2c1)C(=O)CC4. The summed E-state index contributed by atoms with van der Waals surface area (Å²) in [4.78, 5) is 11.8. The first-order chi connectivity index (χ1) is 9.24. The second-order valence-corrected chi connectivity index (χ2v) is 5.40. The summed E-state index contributed by atoms with van der Waals surface area (Å²) in [6.45, 7) is 2.12. The maximum Gasteiger partial charge on any atom is 0.163 e. The molecule has 1 heteroatoms. The largest absolute Gasteiger partial charge is 0.294 e. The molecule has 0 saturated carbocycles. The molecule has 0 atom stereocenters. The minimum Gasteiger partial charge on any atom is -0.294 e. The van der Waals surface area contributed by atoms with Crippen LogP contribution >= 0.6 is 0 Å². The Hall–Kier alpha value is -2.15. The molecule has 0 amide bonds. The molecule has 92 valence electrons. The van der Waals surface area contributed by atoms with Crippen molar-refractivity contribution < 1.29 is 4.79 Å². The Kier molecular flexibility index (Phi) is 2.08. The van der Waals surface area contributed by atoms with Crippen LogP contribution in [0.15, 0.2) is 42.5 Å². The Morgan fingerprint density at radius 1 is 0.842 bits per heavy atom. The molecule has 0 aromatic heterocycles. The highest BCUT2D eigenvalue weighted by Crippen LogP contribution is 2.34. The first-order valence-corrected chi connectivity index (χ1v) is 6.72. The highest BCUT2D eigenvalue weighted by molar-refractivity contribution is 6.13. The first kappa shape index (κ1) is 10.7. The molecule has 0 spiro atoms. The lowest BCUT2D eigenvalue weighted by molar-refractivity contribution is 0.0994. The van der Waals surface area contributed by atoms with Gasteiger partial charge >= 0.3 is 0 Å². The zero-order valence-corrected chi connectivity index (χ0v) is 10.9. The maximum atomic E-state index is 11.8. The zero-order chi connectivity index (χ0) is 13.0. The molecule has 1 aliphatic rings. The van der Waals surface area contributed by atoms with Crippen molar-refractivity contribution in [3.63, 3.8) is 0 Å². The van der Waals surface area contributed by atoms with Crippen LogP contribution in [0.1, 0.15) is 27.9 Å². The van der Waals surface area contributed by atoms with Crippen LogP contribution in [-0.2, 0) is 6.42 Å². The van der Waals surface area contributed by atoms with E-state index >= 15 is 0 Å². The van der Waals surface area contributed by atoms with E-state index in [1.807, 2.05) is 6.07 Å².